The molecule has 1 aromatic rings. The Labute approximate surface area is 99.8 Å². The average molecular weight is 241 g/mol. The van der Waals surface area contributed by atoms with E-state index in [0.29, 0.717) is 17.9 Å². The van der Waals surface area contributed by atoms with Gasteiger partial charge in [-0.15, -0.1) is 0 Å². The highest BCUT2D eigenvalue weighted by Crippen LogP contribution is 2.11. The standard InChI is InChI=1S/C13H17F2NO/c1-8(2)5-12(16)13(17)7-9-3-4-10(14)11(15)6-9/h3-4,6,8,12H,5,7,16H2,1-2H3. The van der Waals surface area contributed by atoms with E-state index in [4.69, 9.17) is 5.73 Å². The molecule has 1 atom stereocenters. The molecule has 4 heteroatoms. The predicted octanol–water partition coefficient (Wildman–Crippen LogP) is 2.45. The Kier molecular flexibility index (Phi) is 4.75. The van der Waals surface area contributed by atoms with E-state index in [1.54, 1.807) is 0 Å². The molecule has 0 aliphatic heterocycles. The van der Waals surface area contributed by atoms with Crippen LogP contribution in [0.2, 0.25) is 0 Å². The molecule has 0 saturated carbocycles. The summed E-state index contributed by atoms with van der Waals surface area (Å²) in [7, 11) is 0. The van der Waals surface area contributed by atoms with Gasteiger partial charge in [-0.2, -0.15) is 0 Å². The zero-order chi connectivity index (χ0) is 13.0. The van der Waals surface area contributed by atoms with Gasteiger partial charge in [0.15, 0.2) is 17.4 Å². The first-order chi connectivity index (χ1) is 7.90. The summed E-state index contributed by atoms with van der Waals surface area (Å²) >= 11 is 0. The summed E-state index contributed by atoms with van der Waals surface area (Å²) in [6.45, 7) is 3.95. The van der Waals surface area contributed by atoms with Crippen molar-refractivity contribution in [1.29, 1.82) is 0 Å². The maximum atomic E-state index is 12.9. The lowest BCUT2D eigenvalue weighted by atomic mass is 9.97. The van der Waals surface area contributed by atoms with Crippen LogP contribution in [0.5, 0.6) is 0 Å². The number of ketones is 1. The van der Waals surface area contributed by atoms with Gasteiger partial charge in [0, 0.05) is 6.42 Å². The normalized spacial score (nSPS) is 12.8. The lowest BCUT2D eigenvalue weighted by Gasteiger charge is -2.12. The number of rotatable bonds is 5. The van der Waals surface area contributed by atoms with Crippen molar-refractivity contribution in [2.75, 3.05) is 0 Å². The fourth-order valence-corrected chi connectivity index (χ4v) is 1.62. The van der Waals surface area contributed by atoms with Crippen LogP contribution in [0, 0.1) is 17.6 Å². The van der Waals surface area contributed by atoms with Gasteiger partial charge >= 0.3 is 0 Å². The molecule has 2 N–H and O–H groups in total. The minimum Gasteiger partial charge on any atom is -0.321 e. The summed E-state index contributed by atoms with van der Waals surface area (Å²) in [5, 5.41) is 0. The molecule has 94 valence electrons. The number of halogens is 2. The molecule has 0 spiro atoms. The number of hydrogen-bond acceptors (Lipinski definition) is 2. The molecule has 1 rings (SSSR count). The smallest absolute Gasteiger partial charge is 0.159 e. The van der Waals surface area contributed by atoms with Crippen molar-refractivity contribution in [1.82, 2.24) is 0 Å². The second-order valence-electron chi connectivity index (χ2n) is 4.63. The van der Waals surface area contributed by atoms with Crippen molar-refractivity contribution in [3.63, 3.8) is 0 Å². The Morgan fingerprint density at radius 1 is 1.29 bits per heavy atom. The van der Waals surface area contributed by atoms with Crippen molar-refractivity contribution < 1.29 is 13.6 Å². The highest BCUT2D eigenvalue weighted by Gasteiger charge is 2.16. The first-order valence-corrected chi connectivity index (χ1v) is 5.62. The van der Waals surface area contributed by atoms with E-state index >= 15 is 0 Å². The molecule has 0 fully saturated rings. The highest BCUT2D eigenvalue weighted by molar-refractivity contribution is 5.85. The van der Waals surface area contributed by atoms with Gasteiger partial charge in [0.1, 0.15) is 0 Å². The van der Waals surface area contributed by atoms with Crippen molar-refractivity contribution >= 4 is 5.78 Å². The van der Waals surface area contributed by atoms with Crippen LogP contribution in [0.15, 0.2) is 18.2 Å². The maximum Gasteiger partial charge on any atom is 0.159 e. The Bertz CT molecular complexity index is 404. The SMILES string of the molecule is CC(C)CC(N)C(=O)Cc1ccc(F)c(F)c1. The van der Waals surface area contributed by atoms with Gasteiger partial charge in [0.05, 0.1) is 6.04 Å². The number of hydrogen-bond donors (Lipinski definition) is 1. The van der Waals surface area contributed by atoms with E-state index in [1.165, 1.54) is 6.07 Å². The van der Waals surface area contributed by atoms with Crippen LogP contribution in [0.3, 0.4) is 0 Å². The summed E-state index contributed by atoms with van der Waals surface area (Å²) in [5.41, 5.74) is 6.17. The quantitative estimate of drug-likeness (QED) is 0.860. The number of nitrogens with two attached hydrogens (primary N) is 1. The zero-order valence-electron chi connectivity index (χ0n) is 10.0. The molecule has 0 aliphatic rings. The molecular weight excluding hydrogens is 224 g/mol. The third-order valence-corrected chi connectivity index (χ3v) is 2.50. The molecule has 0 aliphatic carbocycles. The number of carbonyl (C=O) groups excluding carboxylic acids is 1. The first-order valence-electron chi connectivity index (χ1n) is 5.62. The van der Waals surface area contributed by atoms with Crippen LogP contribution in [0.4, 0.5) is 8.78 Å². The molecule has 0 amide bonds. The lowest BCUT2D eigenvalue weighted by Crippen LogP contribution is -2.33. The van der Waals surface area contributed by atoms with Gasteiger partial charge in [-0.1, -0.05) is 19.9 Å². The fraction of sp³-hybridized carbons (Fsp3) is 0.462. The van der Waals surface area contributed by atoms with E-state index < -0.39 is 17.7 Å². The molecule has 2 nitrogen and oxygen atoms in total. The molecule has 0 radical (unpaired) electrons. The molecule has 0 bridgehead atoms. The first kappa shape index (κ1) is 13.8. The van der Waals surface area contributed by atoms with Gasteiger partial charge < -0.3 is 5.73 Å². The topological polar surface area (TPSA) is 43.1 Å². The molecule has 0 heterocycles. The average Bonchev–Trinajstić information content (AvgIpc) is 2.22. The Hall–Kier alpha value is -1.29. The minimum absolute atomic E-state index is 0.0467. The van der Waals surface area contributed by atoms with Crippen LogP contribution in [-0.4, -0.2) is 11.8 Å². The number of carbonyl (C=O) groups is 1. The van der Waals surface area contributed by atoms with Crippen LogP contribution in [-0.2, 0) is 11.2 Å². The van der Waals surface area contributed by atoms with Crippen molar-refractivity contribution in [2.24, 2.45) is 11.7 Å². The third kappa shape index (κ3) is 4.23. The molecule has 0 saturated heterocycles. The summed E-state index contributed by atoms with van der Waals surface area (Å²) < 4.78 is 25.6. The number of benzene rings is 1. The number of Topliss-reactive ketones (excluding diaryl/α,β-unsaturated/α-hetero) is 1. The van der Waals surface area contributed by atoms with E-state index in [1.807, 2.05) is 13.8 Å². The predicted molar refractivity (Wildman–Crippen MR) is 62.5 cm³/mol. The van der Waals surface area contributed by atoms with Gasteiger partial charge in [-0.05, 0) is 30.0 Å². The minimum atomic E-state index is -0.937. The van der Waals surface area contributed by atoms with Crippen LogP contribution >= 0.6 is 0 Å². The largest absolute Gasteiger partial charge is 0.321 e. The maximum absolute atomic E-state index is 12.9. The third-order valence-electron chi connectivity index (χ3n) is 2.50. The lowest BCUT2D eigenvalue weighted by molar-refractivity contribution is -0.120. The van der Waals surface area contributed by atoms with Gasteiger partial charge in [-0.3, -0.25) is 4.79 Å². The van der Waals surface area contributed by atoms with Crippen molar-refractivity contribution in [2.45, 2.75) is 32.7 Å². The molecule has 1 unspecified atom stereocenters. The Balaban J connectivity index is 2.64. The highest BCUT2D eigenvalue weighted by atomic mass is 19.2. The molecular formula is C13H17F2NO. The summed E-state index contributed by atoms with van der Waals surface area (Å²) in [5.74, 6) is -1.66. The summed E-state index contributed by atoms with van der Waals surface area (Å²) in [6, 6.07) is 2.92. The fourth-order valence-electron chi connectivity index (χ4n) is 1.62. The van der Waals surface area contributed by atoms with Gasteiger partial charge in [0.2, 0.25) is 0 Å². The monoisotopic (exact) mass is 241 g/mol. The molecule has 17 heavy (non-hydrogen) atoms. The van der Waals surface area contributed by atoms with Crippen LogP contribution in [0.1, 0.15) is 25.8 Å². The molecule has 1 aromatic carbocycles. The van der Waals surface area contributed by atoms with Crippen molar-refractivity contribution in [3.05, 3.63) is 35.4 Å². The van der Waals surface area contributed by atoms with Gasteiger partial charge in [-0.25, -0.2) is 8.78 Å². The summed E-state index contributed by atoms with van der Waals surface area (Å²) in [6.07, 6.45) is 0.646. The van der Waals surface area contributed by atoms with Gasteiger partial charge in [0.25, 0.3) is 0 Å². The second kappa shape index (κ2) is 5.87. The van der Waals surface area contributed by atoms with Crippen LogP contribution < -0.4 is 5.73 Å². The molecule has 0 aromatic heterocycles. The van der Waals surface area contributed by atoms with E-state index in [9.17, 15) is 13.6 Å². The van der Waals surface area contributed by atoms with E-state index in [-0.39, 0.29) is 12.2 Å². The van der Waals surface area contributed by atoms with Crippen LogP contribution in [0.25, 0.3) is 0 Å². The van der Waals surface area contributed by atoms with Crippen molar-refractivity contribution in [3.8, 4) is 0 Å². The zero-order valence-corrected chi connectivity index (χ0v) is 10.0. The Morgan fingerprint density at radius 2 is 1.94 bits per heavy atom. The second-order valence-corrected chi connectivity index (χ2v) is 4.63. The summed E-state index contributed by atoms with van der Waals surface area (Å²) in [4.78, 5) is 11.7. The van der Waals surface area contributed by atoms with E-state index in [2.05, 4.69) is 0 Å². The van der Waals surface area contributed by atoms with E-state index in [0.717, 1.165) is 12.1 Å². The Morgan fingerprint density at radius 3 is 2.47 bits per heavy atom.